The van der Waals surface area contributed by atoms with Gasteiger partial charge in [0.2, 0.25) is 0 Å². The van der Waals surface area contributed by atoms with Gasteiger partial charge in [0.1, 0.15) is 5.00 Å². The summed E-state index contributed by atoms with van der Waals surface area (Å²) in [7, 11) is 0. The van der Waals surface area contributed by atoms with Crippen molar-refractivity contribution in [1.29, 1.82) is 0 Å². The van der Waals surface area contributed by atoms with Crippen LogP contribution in [0.5, 0.6) is 0 Å². The molecule has 0 aliphatic carbocycles. The number of nitrogens with zero attached hydrogens (tertiary/aromatic N) is 1. The first kappa shape index (κ1) is 10.4. The molecular weight excluding hydrogens is 274 g/mol. The molecule has 0 aliphatic rings. The van der Waals surface area contributed by atoms with Gasteiger partial charge < -0.3 is 11.1 Å². The third-order valence-corrected chi connectivity index (χ3v) is 3.56. The monoisotopic (exact) mass is 283 g/mol. The molecule has 2 aromatic rings. The van der Waals surface area contributed by atoms with Crippen LogP contribution in [0.4, 0.5) is 15.8 Å². The fourth-order valence-electron chi connectivity index (χ4n) is 1.19. The Bertz CT molecular complexity index is 481. The summed E-state index contributed by atoms with van der Waals surface area (Å²) in [5, 5.41) is 4.73. The van der Waals surface area contributed by atoms with Crippen molar-refractivity contribution < 1.29 is 0 Å². The zero-order valence-corrected chi connectivity index (χ0v) is 10.5. The predicted molar refractivity (Wildman–Crippen MR) is 68.7 cm³/mol. The van der Waals surface area contributed by atoms with Crippen molar-refractivity contribution in [1.82, 2.24) is 4.98 Å². The molecule has 15 heavy (non-hydrogen) atoms. The first-order valence-electron chi connectivity index (χ1n) is 4.39. The highest BCUT2D eigenvalue weighted by molar-refractivity contribution is 9.10. The Morgan fingerprint density at radius 3 is 2.87 bits per heavy atom. The highest BCUT2D eigenvalue weighted by Crippen LogP contribution is 2.26. The number of anilines is 3. The molecule has 0 bridgehead atoms. The van der Waals surface area contributed by atoms with E-state index in [1.165, 1.54) is 16.9 Å². The number of hydrogen-bond donors (Lipinski definition) is 2. The van der Waals surface area contributed by atoms with Gasteiger partial charge in [0.15, 0.2) is 5.13 Å². The molecule has 0 saturated carbocycles. The minimum absolute atomic E-state index is 0.714. The number of benzene rings is 1. The predicted octanol–water partition coefficient (Wildman–Crippen LogP) is 3.54. The number of aromatic nitrogens is 1. The zero-order valence-electron chi connectivity index (χ0n) is 8.12. The second-order valence-corrected chi connectivity index (χ2v) is 5.07. The van der Waals surface area contributed by atoms with E-state index in [4.69, 9.17) is 5.73 Å². The lowest BCUT2D eigenvalue weighted by Gasteiger charge is -2.04. The van der Waals surface area contributed by atoms with Gasteiger partial charge in [-0.15, -0.1) is 0 Å². The number of aryl methyl sites for hydroxylation is 1. The van der Waals surface area contributed by atoms with Gasteiger partial charge in [0.25, 0.3) is 0 Å². The van der Waals surface area contributed by atoms with Gasteiger partial charge in [-0.05, 0) is 30.7 Å². The third kappa shape index (κ3) is 2.49. The van der Waals surface area contributed by atoms with E-state index < -0.39 is 0 Å². The Morgan fingerprint density at radius 2 is 2.27 bits per heavy atom. The van der Waals surface area contributed by atoms with Crippen LogP contribution in [0.1, 0.15) is 5.56 Å². The van der Waals surface area contributed by atoms with Crippen molar-refractivity contribution in [2.45, 2.75) is 6.92 Å². The Labute approximate surface area is 100 Å². The van der Waals surface area contributed by atoms with Crippen molar-refractivity contribution >= 4 is 43.1 Å². The van der Waals surface area contributed by atoms with Crippen LogP contribution >= 0.6 is 27.3 Å². The fourth-order valence-corrected chi connectivity index (χ4v) is 2.04. The van der Waals surface area contributed by atoms with Crippen molar-refractivity contribution in [2.24, 2.45) is 0 Å². The van der Waals surface area contributed by atoms with E-state index in [0.717, 1.165) is 15.3 Å². The fraction of sp³-hybridized carbons (Fsp3) is 0.100. The van der Waals surface area contributed by atoms with Crippen LogP contribution in [0.25, 0.3) is 0 Å². The number of hydrogen-bond acceptors (Lipinski definition) is 4. The second kappa shape index (κ2) is 4.20. The molecule has 0 aliphatic heterocycles. The largest absolute Gasteiger partial charge is 0.389 e. The molecular formula is C10H10BrN3S. The summed E-state index contributed by atoms with van der Waals surface area (Å²) < 4.78 is 1.10. The molecule has 78 valence electrons. The first-order chi connectivity index (χ1) is 7.15. The molecule has 0 amide bonds. The molecule has 0 spiro atoms. The molecule has 1 heterocycles. The summed E-state index contributed by atoms with van der Waals surface area (Å²) in [5.74, 6) is 0. The summed E-state index contributed by atoms with van der Waals surface area (Å²) in [6.07, 6.45) is 1.65. The van der Waals surface area contributed by atoms with Crippen LogP contribution in [0.3, 0.4) is 0 Å². The maximum atomic E-state index is 5.59. The first-order valence-corrected chi connectivity index (χ1v) is 6.00. The molecule has 3 N–H and O–H groups in total. The van der Waals surface area contributed by atoms with Gasteiger partial charge >= 0.3 is 0 Å². The minimum atomic E-state index is 0.714. The molecule has 5 heteroatoms. The van der Waals surface area contributed by atoms with Crippen LogP contribution in [0.2, 0.25) is 0 Å². The van der Waals surface area contributed by atoms with E-state index in [-0.39, 0.29) is 0 Å². The lowest BCUT2D eigenvalue weighted by atomic mass is 10.2. The summed E-state index contributed by atoms with van der Waals surface area (Å²) in [6.45, 7) is 2.05. The summed E-state index contributed by atoms with van der Waals surface area (Å²) in [5.41, 5.74) is 7.80. The Morgan fingerprint density at radius 1 is 1.47 bits per heavy atom. The lowest BCUT2D eigenvalue weighted by Crippen LogP contribution is -1.89. The maximum absolute atomic E-state index is 5.59. The van der Waals surface area contributed by atoms with Crippen LogP contribution in [-0.2, 0) is 0 Å². The molecule has 1 aromatic heterocycles. The standard InChI is InChI=1S/C10H10BrN3S/c1-6-4-7(2-3-8(6)11)14-10-13-5-9(12)15-10/h2-5H,12H2,1H3,(H,13,14). The van der Waals surface area contributed by atoms with Gasteiger partial charge in [-0.3, -0.25) is 0 Å². The van der Waals surface area contributed by atoms with E-state index in [0.29, 0.717) is 5.00 Å². The number of nitrogen functional groups attached to an aromatic ring is 1. The van der Waals surface area contributed by atoms with Gasteiger partial charge in [0, 0.05) is 10.2 Å². The summed E-state index contributed by atoms with van der Waals surface area (Å²) in [4.78, 5) is 4.13. The highest BCUT2D eigenvalue weighted by Gasteiger charge is 2.01. The molecule has 0 radical (unpaired) electrons. The maximum Gasteiger partial charge on any atom is 0.189 e. The third-order valence-electron chi connectivity index (χ3n) is 1.93. The average molecular weight is 284 g/mol. The molecule has 0 unspecified atom stereocenters. The van der Waals surface area contributed by atoms with Crippen molar-refractivity contribution in [3.8, 4) is 0 Å². The van der Waals surface area contributed by atoms with Crippen molar-refractivity contribution in [2.75, 3.05) is 11.1 Å². The lowest BCUT2D eigenvalue weighted by molar-refractivity contribution is 1.37. The Hall–Kier alpha value is -1.07. The van der Waals surface area contributed by atoms with Gasteiger partial charge in [-0.25, -0.2) is 4.98 Å². The molecule has 0 saturated heterocycles. The van der Waals surface area contributed by atoms with Gasteiger partial charge in [-0.2, -0.15) is 0 Å². The van der Waals surface area contributed by atoms with E-state index in [1.807, 2.05) is 19.1 Å². The summed E-state index contributed by atoms with van der Waals surface area (Å²) >= 11 is 4.89. The molecule has 2 rings (SSSR count). The number of thiazole rings is 1. The number of nitrogens with one attached hydrogen (secondary N) is 1. The minimum Gasteiger partial charge on any atom is -0.389 e. The number of halogens is 1. The van der Waals surface area contributed by atoms with Gasteiger partial charge in [-0.1, -0.05) is 27.3 Å². The summed E-state index contributed by atoms with van der Waals surface area (Å²) in [6, 6.07) is 6.06. The quantitative estimate of drug-likeness (QED) is 0.886. The zero-order chi connectivity index (χ0) is 10.8. The van der Waals surface area contributed by atoms with Crippen LogP contribution in [0.15, 0.2) is 28.9 Å². The smallest absolute Gasteiger partial charge is 0.189 e. The average Bonchev–Trinajstić information content (AvgIpc) is 2.58. The van der Waals surface area contributed by atoms with E-state index in [2.05, 4.69) is 32.3 Å². The van der Waals surface area contributed by atoms with Gasteiger partial charge in [0.05, 0.1) is 6.20 Å². The highest BCUT2D eigenvalue weighted by atomic mass is 79.9. The van der Waals surface area contributed by atoms with Crippen LogP contribution in [-0.4, -0.2) is 4.98 Å². The topological polar surface area (TPSA) is 50.9 Å². The Kier molecular flexibility index (Phi) is 2.93. The van der Waals surface area contributed by atoms with E-state index in [1.54, 1.807) is 6.20 Å². The molecule has 0 atom stereocenters. The number of nitrogens with two attached hydrogens (primary N) is 1. The normalized spacial score (nSPS) is 10.3. The van der Waals surface area contributed by atoms with Crippen molar-refractivity contribution in [3.63, 3.8) is 0 Å². The second-order valence-electron chi connectivity index (χ2n) is 3.16. The molecule has 1 aromatic carbocycles. The van der Waals surface area contributed by atoms with Crippen molar-refractivity contribution in [3.05, 3.63) is 34.4 Å². The SMILES string of the molecule is Cc1cc(Nc2ncc(N)s2)ccc1Br. The number of rotatable bonds is 2. The van der Waals surface area contributed by atoms with Crippen LogP contribution < -0.4 is 11.1 Å². The van der Waals surface area contributed by atoms with E-state index in [9.17, 15) is 0 Å². The van der Waals surface area contributed by atoms with Crippen LogP contribution in [0, 0.1) is 6.92 Å². The molecule has 3 nitrogen and oxygen atoms in total. The molecule has 0 fully saturated rings. The van der Waals surface area contributed by atoms with E-state index >= 15 is 0 Å². The Balaban J connectivity index is 2.21.